The van der Waals surface area contributed by atoms with Crippen LogP contribution in [0.4, 0.5) is 17.3 Å². The molecule has 0 saturated carbocycles. The van der Waals surface area contributed by atoms with Gasteiger partial charge < -0.3 is 14.2 Å². The molecule has 0 bridgehead atoms. The van der Waals surface area contributed by atoms with Crippen molar-refractivity contribution in [3.05, 3.63) is 91.5 Å². The fraction of sp³-hybridized carbons (Fsp3) is 0.174. The Kier molecular flexibility index (Phi) is 6.50. The number of nitro benzene ring substituents is 2. The van der Waals surface area contributed by atoms with Crippen LogP contribution in [-0.2, 0) is 0 Å². The molecule has 0 N–H and O–H groups in total. The predicted molar refractivity (Wildman–Crippen MR) is 124 cm³/mol. The van der Waals surface area contributed by atoms with Gasteiger partial charge in [0.1, 0.15) is 6.07 Å². The van der Waals surface area contributed by atoms with Gasteiger partial charge in [0.05, 0.1) is 9.85 Å². The van der Waals surface area contributed by atoms with E-state index in [-0.39, 0.29) is 28.9 Å². The van der Waals surface area contributed by atoms with Crippen molar-refractivity contribution in [1.82, 2.24) is 9.88 Å². The van der Waals surface area contributed by atoms with E-state index in [2.05, 4.69) is 4.98 Å². The first kappa shape index (κ1) is 23.1. The van der Waals surface area contributed by atoms with E-state index in [1.807, 2.05) is 11.0 Å². The Morgan fingerprint density at radius 1 is 0.943 bits per heavy atom. The highest BCUT2D eigenvalue weighted by Crippen LogP contribution is 2.25. The van der Waals surface area contributed by atoms with Crippen LogP contribution in [-0.4, -0.2) is 51.8 Å². The van der Waals surface area contributed by atoms with Crippen molar-refractivity contribution in [3.63, 3.8) is 0 Å². The average Bonchev–Trinajstić information content (AvgIpc) is 3.31. The quantitative estimate of drug-likeness (QED) is 0.385. The smallest absolute Gasteiger partial charge is 0.269 e. The molecule has 1 aliphatic rings. The van der Waals surface area contributed by atoms with Gasteiger partial charge in [0.25, 0.3) is 17.3 Å². The number of rotatable bonds is 6. The molecule has 12 heteroatoms. The molecule has 1 aliphatic heterocycles. The third kappa shape index (κ3) is 5.14. The summed E-state index contributed by atoms with van der Waals surface area (Å²) in [4.78, 5) is 40.9. The minimum atomic E-state index is -0.521. The molecular weight excluding hydrogens is 456 g/mol. The van der Waals surface area contributed by atoms with Crippen LogP contribution < -0.4 is 4.90 Å². The molecular formula is C23H18N6O6. The van der Waals surface area contributed by atoms with Crippen LogP contribution in [0.2, 0.25) is 0 Å². The van der Waals surface area contributed by atoms with Crippen molar-refractivity contribution in [2.24, 2.45) is 0 Å². The first-order chi connectivity index (χ1) is 16.9. The van der Waals surface area contributed by atoms with Gasteiger partial charge in [0.15, 0.2) is 0 Å². The number of benzene rings is 2. The summed E-state index contributed by atoms with van der Waals surface area (Å²) >= 11 is 0. The minimum Gasteiger partial charge on any atom is -0.420 e. The van der Waals surface area contributed by atoms with E-state index in [9.17, 15) is 30.3 Å². The average molecular weight is 474 g/mol. The molecule has 3 aromatic rings. The van der Waals surface area contributed by atoms with Gasteiger partial charge in [0.2, 0.25) is 17.5 Å². The summed E-state index contributed by atoms with van der Waals surface area (Å²) in [6, 6.07) is 13.4. The molecule has 0 aliphatic carbocycles. The Morgan fingerprint density at radius 2 is 1.51 bits per heavy atom. The van der Waals surface area contributed by atoms with E-state index in [0.29, 0.717) is 43.2 Å². The molecule has 2 heterocycles. The summed E-state index contributed by atoms with van der Waals surface area (Å²) in [5.74, 6) is 0.280. The molecule has 0 radical (unpaired) electrons. The highest BCUT2D eigenvalue weighted by Gasteiger charge is 2.26. The molecule has 0 unspecified atom stereocenters. The number of piperazine rings is 1. The van der Waals surface area contributed by atoms with Crippen LogP contribution in [0.25, 0.3) is 12.2 Å². The summed E-state index contributed by atoms with van der Waals surface area (Å²) in [5, 5.41) is 31.0. The highest BCUT2D eigenvalue weighted by molar-refractivity contribution is 5.94. The number of nitro groups is 2. The maximum atomic E-state index is 12.7. The number of carbonyl (C=O) groups excluding carboxylic acids is 1. The van der Waals surface area contributed by atoms with Gasteiger partial charge in [-0.3, -0.25) is 25.0 Å². The molecule has 1 aromatic heterocycles. The van der Waals surface area contributed by atoms with E-state index in [0.717, 1.165) is 0 Å². The molecule has 1 fully saturated rings. The van der Waals surface area contributed by atoms with Gasteiger partial charge in [-0.05, 0) is 35.9 Å². The maximum absolute atomic E-state index is 12.7. The lowest BCUT2D eigenvalue weighted by Gasteiger charge is -2.34. The number of amides is 1. The molecule has 1 amide bonds. The van der Waals surface area contributed by atoms with E-state index in [1.165, 1.54) is 36.4 Å². The lowest BCUT2D eigenvalue weighted by Crippen LogP contribution is -2.48. The molecule has 2 aromatic carbocycles. The number of nitrogens with zero attached hydrogens (tertiary/aromatic N) is 6. The van der Waals surface area contributed by atoms with E-state index in [1.54, 1.807) is 29.2 Å². The second-order valence-corrected chi connectivity index (χ2v) is 7.58. The number of carbonyl (C=O) groups is 1. The molecule has 12 nitrogen and oxygen atoms in total. The fourth-order valence-corrected chi connectivity index (χ4v) is 3.58. The monoisotopic (exact) mass is 474 g/mol. The molecule has 0 spiro atoms. The Hall–Kier alpha value is -5.05. The molecule has 0 atom stereocenters. The SMILES string of the molecule is N#Cc1nc(/C=C/c2ccc([N+](=O)[O-])cc2)oc1N1CCN(C(=O)c2ccc([N+](=O)[O-])cc2)CC1. The van der Waals surface area contributed by atoms with E-state index in [4.69, 9.17) is 4.42 Å². The number of non-ortho nitro benzene ring substituents is 2. The van der Waals surface area contributed by atoms with Crippen LogP contribution in [0.5, 0.6) is 0 Å². The second kappa shape index (κ2) is 9.84. The van der Waals surface area contributed by atoms with Crippen molar-refractivity contribution >= 4 is 35.3 Å². The van der Waals surface area contributed by atoms with Crippen LogP contribution in [0.15, 0.2) is 52.9 Å². The topological polar surface area (TPSA) is 160 Å². The van der Waals surface area contributed by atoms with Crippen LogP contribution in [0, 0.1) is 31.6 Å². The Labute approximate surface area is 198 Å². The summed E-state index contributed by atoms with van der Waals surface area (Å²) in [7, 11) is 0. The number of hydrogen-bond donors (Lipinski definition) is 0. The fourth-order valence-electron chi connectivity index (χ4n) is 3.58. The van der Waals surface area contributed by atoms with Crippen LogP contribution >= 0.6 is 0 Å². The first-order valence-corrected chi connectivity index (χ1v) is 10.5. The molecule has 1 saturated heterocycles. The van der Waals surface area contributed by atoms with Crippen LogP contribution in [0.1, 0.15) is 27.5 Å². The normalized spacial score (nSPS) is 13.6. The van der Waals surface area contributed by atoms with Crippen LogP contribution in [0.3, 0.4) is 0 Å². The summed E-state index contributed by atoms with van der Waals surface area (Å²) in [5.41, 5.74) is 1.08. The third-order valence-corrected chi connectivity index (χ3v) is 5.43. The zero-order valence-electron chi connectivity index (χ0n) is 18.2. The minimum absolute atomic E-state index is 0.0153. The molecule has 35 heavy (non-hydrogen) atoms. The Balaban J connectivity index is 1.41. The molecule has 176 valence electrons. The van der Waals surface area contributed by atoms with Crippen molar-refractivity contribution < 1.29 is 19.1 Å². The van der Waals surface area contributed by atoms with Crippen molar-refractivity contribution in [3.8, 4) is 6.07 Å². The van der Waals surface area contributed by atoms with Gasteiger partial charge in [-0.1, -0.05) is 0 Å². The van der Waals surface area contributed by atoms with Gasteiger partial charge in [0, 0.05) is 62.1 Å². The van der Waals surface area contributed by atoms with Gasteiger partial charge in [-0.25, -0.2) is 0 Å². The standard InChI is InChI=1S/C23H18N6O6/c24-15-20-23(35-21(25-20)10-3-16-1-6-18(7-2-16)28(31)32)27-13-11-26(12-14-27)22(30)17-4-8-19(9-5-17)29(33)34/h1-10H,11-14H2/b10-3+. The largest absolute Gasteiger partial charge is 0.420 e. The predicted octanol–water partition coefficient (Wildman–Crippen LogP) is 3.50. The third-order valence-electron chi connectivity index (χ3n) is 5.43. The summed E-state index contributed by atoms with van der Waals surface area (Å²) in [6.07, 6.45) is 3.24. The summed E-state index contributed by atoms with van der Waals surface area (Å²) < 4.78 is 5.77. The zero-order chi connectivity index (χ0) is 24.9. The number of nitriles is 1. The van der Waals surface area contributed by atoms with E-state index < -0.39 is 9.85 Å². The number of aromatic nitrogens is 1. The van der Waals surface area contributed by atoms with E-state index >= 15 is 0 Å². The first-order valence-electron chi connectivity index (χ1n) is 10.5. The maximum Gasteiger partial charge on any atom is 0.269 e. The number of oxazole rings is 1. The lowest BCUT2D eigenvalue weighted by atomic mass is 10.1. The lowest BCUT2D eigenvalue weighted by molar-refractivity contribution is -0.385. The Morgan fingerprint density at radius 3 is 2.06 bits per heavy atom. The highest BCUT2D eigenvalue weighted by atomic mass is 16.6. The number of anilines is 1. The number of hydrogen-bond acceptors (Lipinski definition) is 9. The summed E-state index contributed by atoms with van der Waals surface area (Å²) in [6.45, 7) is 1.56. The van der Waals surface area contributed by atoms with Gasteiger partial charge in [-0.2, -0.15) is 10.2 Å². The van der Waals surface area contributed by atoms with Crippen molar-refractivity contribution in [2.75, 3.05) is 31.1 Å². The second-order valence-electron chi connectivity index (χ2n) is 7.58. The van der Waals surface area contributed by atoms with Gasteiger partial charge in [-0.15, -0.1) is 0 Å². The Bertz CT molecular complexity index is 1330. The van der Waals surface area contributed by atoms with Crippen molar-refractivity contribution in [1.29, 1.82) is 5.26 Å². The zero-order valence-corrected chi connectivity index (χ0v) is 18.2. The molecule has 4 rings (SSSR count). The van der Waals surface area contributed by atoms with Gasteiger partial charge >= 0.3 is 0 Å². The van der Waals surface area contributed by atoms with Crippen molar-refractivity contribution in [2.45, 2.75) is 0 Å².